The second-order valence-corrected chi connectivity index (χ2v) is 7.98. The molecule has 1 aliphatic carbocycles. The fourth-order valence-electron chi connectivity index (χ4n) is 3.92. The zero-order valence-corrected chi connectivity index (χ0v) is 15.4. The minimum absolute atomic E-state index is 0.250. The van der Waals surface area contributed by atoms with E-state index in [0.29, 0.717) is 16.9 Å². The second kappa shape index (κ2) is 5.78. The largest absolute Gasteiger partial charge is 0.459 e. The first-order chi connectivity index (χ1) is 12.8. The SMILES string of the molecule is CC(C)(C)OC(=O)[C@@]12C(=O)Oc3ccccc3[C@@H]1[C@@H]2C(=O)c1ccccc1. The first kappa shape index (κ1) is 17.5. The topological polar surface area (TPSA) is 69.7 Å². The fourth-order valence-corrected chi connectivity index (χ4v) is 3.92. The van der Waals surface area contributed by atoms with Gasteiger partial charge in [-0.1, -0.05) is 48.5 Å². The molecule has 1 saturated carbocycles. The summed E-state index contributed by atoms with van der Waals surface area (Å²) in [7, 11) is 0. The van der Waals surface area contributed by atoms with Crippen LogP contribution in [0.3, 0.4) is 0 Å². The Hall–Kier alpha value is -2.95. The molecule has 0 saturated heterocycles. The molecule has 4 rings (SSSR count). The third-order valence-corrected chi connectivity index (χ3v) is 5.08. The van der Waals surface area contributed by atoms with Gasteiger partial charge in [-0.3, -0.25) is 14.4 Å². The average molecular weight is 364 g/mol. The Morgan fingerprint density at radius 1 is 1.00 bits per heavy atom. The van der Waals surface area contributed by atoms with Gasteiger partial charge in [-0.25, -0.2) is 0 Å². The molecule has 0 unspecified atom stereocenters. The van der Waals surface area contributed by atoms with Crippen LogP contribution in [0.1, 0.15) is 42.6 Å². The molecule has 5 nitrogen and oxygen atoms in total. The van der Waals surface area contributed by atoms with Crippen molar-refractivity contribution in [2.75, 3.05) is 0 Å². The third kappa shape index (κ3) is 2.57. The molecule has 5 heteroatoms. The number of ether oxygens (including phenoxy) is 2. The van der Waals surface area contributed by atoms with E-state index < -0.39 is 34.8 Å². The third-order valence-electron chi connectivity index (χ3n) is 5.08. The van der Waals surface area contributed by atoms with Crippen molar-refractivity contribution in [2.45, 2.75) is 32.3 Å². The van der Waals surface area contributed by atoms with Gasteiger partial charge in [-0.15, -0.1) is 0 Å². The molecule has 0 spiro atoms. The number of ketones is 1. The van der Waals surface area contributed by atoms with Crippen molar-refractivity contribution >= 4 is 17.7 Å². The molecule has 0 amide bonds. The van der Waals surface area contributed by atoms with Gasteiger partial charge in [-0.2, -0.15) is 0 Å². The van der Waals surface area contributed by atoms with Gasteiger partial charge in [0.2, 0.25) is 0 Å². The Kier molecular flexibility index (Phi) is 3.74. The molecule has 3 atom stereocenters. The monoisotopic (exact) mass is 364 g/mol. The van der Waals surface area contributed by atoms with E-state index in [2.05, 4.69) is 0 Å². The fraction of sp³-hybridized carbons (Fsp3) is 0.318. The summed E-state index contributed by atoms with van der Waals surface area (Å²) in [5, 5.41) is 0. The second-order valence-electron chi connectivity index (χ2n) is 7.98. The number of carbonyl (C=O) groups is 3. The Labute approximate surface area is 157 Å². The van der Waals surface area contributed by atoms with E-state index in [0.717, 1.165) is 0 Å². The van der Waals surface area contributed by atoms with Crippen LogP contribution in [0, 0.1) is 11.3 Å². The van der Waals surface area contributed by atoms with Gasteiger partial charge in [0.25, 0.3) is 0 Å². The van der Waals surface area contributed by atoms with Crippen molar-refractivity contribution in [1.82, 2.24) is 0 Å². The maximum absolute atomic E-state index is 13.2. The van der Waals surface area contributed by atoms with Crippen molar-refractivity contribution in [3.8, 4) is 5.75 Å². The summed E-state index contributed by atoms with van der Waals surface area (Å²) >= 11 is 0. The van der Waals surface area contributed by atoms with Gasteiger partial charge in [0.1, 0.15) is 11.4 Å². The standard InChI is InChI=1S/C22H20O5/c1-21(2,3)27-20(25)22-16(14-11-7-8-12-15(14)26-19(22)24)17(22)18(23)13-9-5-4-6-10-13/h4-12,16-17H,1-3H3/t16-,17-,22+/m1/s1. The van der Waals surface area contributed by atoms with Crippen LogP contribution in [0.2, 0.25) is 0 Å². The van der Waals surface area contributed by atoms with Crippen molar-refractivity contribution in [3.63, 3.8) is 0 Å². The highest BCUT2D eigenvalue weighted by atomic mass is 16.6. The van der Waals surface area contributed by atoms with E-state index in [4.69, 9.17) is 9.47 Å². The van der Waals surface area contributed by atoms with Gasteiger partial charge in [0.05, 0.1) is 5.92 Å². The zero-order valence-electron chi connectivity index (χ0n) is 15.4. The van der Waals surface area contributed by atoms with Gasteiger partial charge < -0.3 is 9.47 Å². The number of hydrogen-bond acceptors (Lipinski definition) is 5. The predicted molar refractivity (Wildman–Crippen MR) is 97.4 cm³/mol. The molecular formula is C22H20O5. The van der Waals surface area contributed by atoms with E-state index in [-0.39, 0.29) is 5.78 Å². The number of Topliss-reactive ketones (excluding diaryl/α,β-unsaturated/α-hetero) is 1. The Balaban J connectivity index is 1.82. The molecule has 138 valence electrons. The highest BCUT2D eigenvalue weighted by Crippen LogP contribution is 2.70. The van der Waals surface area contributed by atoms with Crippen LogP contribution in [0.25, 0.3) is 0 Å². The number of hydrogen-bond donors (Lipinski definition) is 0. The summed E-state index contributed by atoms with van der Waals surface area (Å²) in [4.78, 5) is 39.2. The minimum atomic E-state index is -1.62. The summed E-state index contributed by atoms with van der Waals surface area (Å²) < 4.78 is 11.0. The summed E-state index contributed by atoms with van der Waals surface area (Å²) in [6.45, 7) is 5.19. The van der Waals surface area contributed by atoms with Crippen LogP contribution < -0.4 is 4.74 Å². The lowest BCUT2D eigenvalue weighted by molar-refractivity contribution is -0.169. The van der Waals surface area contributed by atoms with Gasteiger partial charge >= 0.3 is 11.9 Å². The molecule has 1 aliphatic heterocycles. The number of rotatable bonds is 3. The van der Waals surface area contributed by atoms with Crippen molar-refractivity contribution in [1.29, 1.82) is 0 Å². The van der Waals surface area contributed by atoms with E-state index in [1.807, 2.05) is 6.07 Å². The highest BCUT2D eigenvalue weighted by molar-refractivity contribution is 6.17. The van der Waals surface area contributed by atoms with Crippen LogP contribution >= 0.6 is 0 Å². The first-order valence-electron chi connectivity index (χ1n) is 8.90. The summed E-state index contributed by atoms with van der Waals surface area (Å²) in [6, 6.07) is 15.7. The molecule has 0 N–H and O–H groups in total. The predicted octanol–water partition coefficient (Wildman–Crippen LogP) is 3.53. The number of para-hydroxylation sites is 1. The van der Waals surface area contributed by atoms with Gasteiger partial charge in [-0.05, 0) is 26.8 Å². The summed E-state index contributed by atoms with van der Waals surface area (Å²) in [6.07, 6.45) is 0. The summed E-state index contributed by atoms with van der Waals surface area (Å²) in [5.74, 6) is -2.66. The highest BCUT2D eigenvalue weighted by Gasteiger charge is 2.81. The van der Waals surface area contributed by atoms with Crippen LogP contribution in [-0.2, 0) is 14.3 Å². The van der Waals surface area contributed by atoms with Crippen LogP contribution in [0.15, 0.2) is 54.6 Å². The Bertz CT molecular complexity index is 941. The first-order valence-corrected chi connectivity index (χ1v) is 8.90. The van der Waals surface area contributed by atoms with Crippen LogP contribution in [0.4, 0.5) is 0 Å². The molecule has 1 heterocycles. The number of esters is 2. The molecule has 2 aromatic carbocycles. The molecule has 1 fully saturated rings. The molecule has 0 radical (unpaired) electrons. The number of carbonyl (C=O) groups excluding carboxylic acids is 3. The average Bonchev–Trinajstić information content (AvgIpc) is 3.33. The Morgan fingerprint density at radius 2 is 1.63 bits per heavy atom. The molecule has 2 aliphatic rings. The summed E-state index contributed by atoms with van der Waals surface area (Å²) in [5.41, 5.74) is -1.24. The van der Waals surface area contributed by atoms with Gasteiger partial charge in [0, 0.05) is 17.0 Å². The molecule has 0 bridgehead atoms. The molecular weight excluding hydrogens is 344 g/mol. The van der Waals surface area contributed by atoms with E-state index >= 15 is 0 Å². The normalized spacial score (nSPS) is 25.7. The van der Waals surface area contributed by atoms with E-state index in [1.165, 1.54) is 0 Å². The van der Waals surface area contributed by atoms with Gasteiger partial charge in [0.15, 0.2) is 11.2 Å². The van der Waals surface area contributed by atoms with Crippen LogP contribution in [-0.4, -0.2) is 23.3 Å². The minimum Gasteiger partial charge on any atom is -0.459 e. The molecule has 0 aromatic heterocycles. The maximum Gasteiger partial charge on any atom is 0.330 e. The number of fused-ring (bicyclic) bond motifs is 3. The van der Waals surface area contributed by atoms with Crippen molar-refractivity contribution in [3.05, 3.63) is 65.7 Å². The van der Waals surface area contributed by atoms with E-state index in [9.17, 15) is 14.4 Å². The molecule has 27 heavy (non-hydrogen) atoms. The molecule has 2 aromatic rings. The number of benzene rings is 2. The van der Waals surface area contributed by atoms with E-state index in [1.54, 1.807) is 69.3 Å². The van der Waals surface area contributed by atoms with Crippen molar-refractivity contribution < 1.29 is 23.9 Å². The van der Waals surface area contributed by atoms with Crippen molar-refractivity contribution in [2.24, 2.45) is 11.3 Å². The zero-order chi connectivity index (χ0) is 19.4. The van der Waals surface area contributed by atoms with Crippen LogP contribution in [0.5, 0.6) is 5.75 Å². The quantitative estimate of drug-likeness (QED) is 0.361. The lowest BCUT2D eigenvalue weighted by Crippen LogP contribution is -2.40. The lowest BCUT2D eigenvalue weighted by atomic mass is 9.94. The lowest BCUT2D eigenvalue weighted by Gasteiger charge is -2.26. The smallest absolute Gasteiger partial charge is 0.330 e. The Morgan fingerprint density at radius 3 is 2.30 bits per heavy atom. The maximum atomic E-state index is 13.2.